The van der Waals surface area contributed by atoms with Gasteiger partial charge in [0.2, 0.25) is 0 Å². The monoisotopic (exact) mass is 281 g/mol. The average molecular weight is 281 g/mol. The fourth-order valence-corrected chi connectivity index (χ4v) is 2.48. The van der Waals surface area contributed by atoms with E-state index in [0.29, 0.717) is 19.4 Å². The predicted molar refractivity (Wildman–Crippen MR) is 77.9 cm³/mol. The van der Waals surface area contributed by atoms with Gasteiger partial charge in [-0.25, -0.2) is 4.39 Å². The third-order valence-electron chi connectivity index (χ3n) is 3.67. The highest BCUT2D eigenvalue weighted by atomic mass is 19.1. The zero-order valence-corrected chi connectivity index (χ0v) is 12.5. The third-order valence-corrected chi connectivity index (χ3v) is 3.67. The van der Waals surface area contributed by atoms with Crippen molar-refractivity contribution >= 4 is 5.97 Å². The number of nitrogens with two attached hydrogens (primary N) is 1. The van der Waals surface area contributed by atoms with Gasteiger partial charge in [0.1, 0.15) is 5.82 Å². The van der Waals surface area contributed by atoms with Crippen LogP contribution in [0, 0.1) is 18.2 Å². The molecule has 2 N–H and O–H groups in total. The molecule has 0 saturated heterocycles. The Morgan fingerprint density at radius 3 is 2.65 bits per heavy atom. The van der Waals surface area contributed by atoms with Gasteiger partial charge in [-0.3, -0.25) is 4.79 Å². The van der Waals surface area contributed by atoms with E-state index in [-0.39, 0.29) is 18.3 Å². The number of carbonyl (C=O) groups is 1. The fourth-order valence-electron chi connectivity index (χ4n) is 2.48. The molecule has 0 aromatic heterocycles. The normalized spacial score (nSPS) is 13.8. The van der Waals surface area contributed by atoms with Gasteiger partial charge in [0.05, 0.1) is 12.0 Å². The molecule has 0 amide bonds. The molecule has 0 radical (unpaired) electrons. The van der Waals surface area contributed by atoms with Crippen LogP contribution in [0.1, 0.15) is 37.8 Å². The average Bonchev–Trinajstić information content (AvgIpc) is 2.42. The highest BCUT2D eigenvalue weighted by Crippen LogP contribution is 2.31. The fraction of sp³-hybridized carbons (Fsp3) is 0.562. The Labute approximate surface area is 120 Å². The van der Waals surface area contributed by atoms with Crippen molar-refractivity contribution < 1.29 is 13.9 Å². The predicted octanol–water partition coefficient (Wildman–Crippen LogP) is 2.98. The van der Waals surface area contributed by atoms with Crippen molar-refractivity contribution in [2.24, 2.45) is 11.1 Å². The molecule has 0 aliphatic heterocycles. The van der Waals surface area contributed by atoms with Crippen molar-refractivity contribution in [1.29, 1.82) is 0 Å². The third kappa shape index (κ3) is 3.79. The van der Waals surface area contributed by atoms with Crippen LogP contribution in [-0.2, 0) is 16.0 Å². The number of hydrogen-bond donors (Lipinski definition) is 1. The van der Waals surface area contributed by atoms with E-state index in [9.17, 15) is 9.18 Å². The zero-order valence-electron chi connectivity index (χ0n) is 12.5. The topological polar surface area (TPSA) is 52.3 Å². The molecule has 0 heterocycles. The lowest BCUT2D eigenvalue weighted by Gasteiger charge is -2.30. The van der Waals surface area contributed by atoms with Crippen molar-refractivity contribution in [1.82, 2.24) is 0 Å². The summed E-state index contributed by atoms with van der Waals surface area (Å²) in [6.07, 6.45) is 1.88. The lowest BCUT2D eigenvalue weighted by molar-refractivity contribution is -0.155. The van der Waals surface area contributed by atoms with Crippen LogP contribution < -0.4 is 5.73 Å². The molecule has 4 heteroatoms. The number of rotatable bonds is 7. The molecule has 1 aromatic carbocycles. The SMILES string of the molecule is CCCC(CN)(Cc1cc(F)ccc1C)C(=O)OCC. The molecule has 1 unspecified atom stereocenters. The van der Waals surface area contributed by atoms with Crippen LogP contribution >= 0.6 is 0 Å². The maximum absolute atomic E-state index is 13.4. The first-order valence-electron chi connectivity index (χ1n) is 7.11. The molecule has 20 heavy (non-hydrogen) atoms. The first kappa shape index (κ1) is 16.6. The summed E-state index contributed by atoms with van der Waals surface area (Å²) in [5.41, 5.74) is 6.89. The van der Waals surface area contributed by atoms with E-state index in [1.807, 2.05) is 13.8 Å². The molecule has 1 atom stereocenters. The second kappa shape index (κ2) is 7.39. The maximum Gasteiger partial charge on any atom is 0.313 e. The van der Waals surface area contributed by atoms with Crippen molar-refractivity contribution in [2.75, 3.05) is 13.2 Å². The minimum atomic E-state index is -0.761. The van der Waals surface area contributed by atoms with E-state index < -0.39 is 5.41 Å². The molecule has 0 aliphatic rings. The Hall–Kier alpha value is -1.42. The molecule has 0 saturated carbocycles. The molecule has 0 fully saturated rings. The van der Waals surface area contributed by atoms with Gasteiger partial charge in [-0.2, -0.15) is 0 Å². The minimum absolute atomic E-state index is 0.204. The molecule has 0 bridgehead atoms. The number of benzene rings is 1. The van der Waals surface area contributed by atoms with Gasteiger partial charge in [-0.15, -0.1) is 0 Å². The molecule has 0 aliphatic carbocycles. The molecule has 1 aromatic rings. The van der Waals surface area contributed by atoms with Crippen LogP contribution in [0.25, 0.3) is 0 Å². The summed E-state index contributed by atoms with van der Waals surface area (Å²) in [5, 5.41) is 0. The number of carbonyl (C=O) groups excluding carboxylic acids is 1. The first-order chi connectivity index (χ1) is 9.49. The smallest absolute Gasteiger partial charge is 0.313 e. The Morgan fingerprint density at radius 1 is 1.40 bits per heavy atom. The lowest BCUT2D eigenvalue weighted by Crippen LogP contribution is -2.42. The van der Waals surface area contributed by atoms with Crippen LogP contribution in [0.3, 0.4) is 0 Å². The van der Waals surface area contributed by atoms with Crippen molar-refractivity contribution in [3.05, 3.63) is 35.1 Å². The quantitative estimate of drug-likeness (QED) is 0.782. The van der Waals surface area contributed by atoms with Gasteiger partial charge in [-0.05, 0) is 49.9 Å². The zero-order chi connectivity index (χ0) is 15.2. The van der Waals surface area contributed by atoms with Crippen LogP contribution in [0.5, 0.6) is 0 Å². The van der Waals surface area contributed by atoms with Gasteiger partial charge in [-0.1, -0.05) is 19.4 Å². The van der Waals surface area contributed by atoms with Gasteiger partial charge >= 0.3 is 5.97 Å². The number of hydrogen-bond acceptors (Lipinski definition) is 3. The van der Waals surface area contributed by atoms with Crippen LogP contribution in [0.4, 0.5) is 4.39 Å². The minimum Gasteiger partial charge on any atom is -0.466 e. The molecular weight excluding hydrogens is 257 g/mol. The number of ether oxygens (including phenoxy) is 1. The first-order valence-corrected chi connectivity index (χ1v) is 7.11. The van der Waals surface area contributed by atoms with E-state index >= 15 is 0 Å². The van der Waals surface area contributed by atoms with E-state index in [0.717, 1.165) is 17.5 Å². The number of halogens is 1. The second-order valence-corrected chi connectivity index (χ2v) is 5.20. The van der Waals surface area contributed by atoms with E-state index in [4.69, 9.17) is 10.5 Å². The Balaban J connectivity index is 3.11. The summed E-state index contributed by atoms with van der Waals surface area (Å²) in [5.74, 6) is -0.579. The Morgan fingerprint density at radius 2 is 2.10 bits per heavy atom. The van der Waals surface area contributed by atoms with E-state index in [1.165, 1.54) is 12.1 Å². The standard InChI is InChI=1S/C16H24FNO2/c1-4-8-16(11-18,15(19)20-5-2)10-13-9-14(17)7-6-12(13)3/h6-7,9H,4-5,8,10-11,18H2,1-3H3. The van der Waals surface area contributed by atoms with Crippen LogP contribution in [-0.4, -0.2) is 19.1 Å². The summed E-state index contributed by atoms with van der Waals surface area (Å²) in [4.78, 5) is 12.3. The largest absolute Gasteiger partial charge is 0.466 e. The molecule has 0 spiro atoms. The van der Waals surface area contributed by atoms with Crippen LogP contribution in [0.2, 0.25) is 0 Å². The van der Waals surface area contributed by atoms with E-state index in [2.05, 4.69) is 0 Å². The van der Waals surface area contributed by atoms with E-state index in [1.54, 1.807) is 13.0 Å². The van der Waals surface area contributed by atoms with Gasteiger partial charge < -0.3 is 10.5 Å². The van der Waals surface area contributed by atoms with Gasteiger partial charge in [0.25, 0.3) is 0 Å². The highest BCUT2D eigenvalue weighted by molar-refractivity contribution is 5.77. The Bertz CT molecular complexity index is 462. The molecular formula is C16H24FNO2. The van der Waals surface area contributed by atoms with Crippen molar-refractivity contribution in [3.8, 4) is 0 Å². The van der Waals surface area contributed by atoms with Crippen molar-refractivity contribution in [2.45, 2.75) is 40.0 Å². The summed E-state index contributed by atoms with van der Waals surface area (Å²) in [6, 6.07) is 4.63. The number of aryl methyl sites for hydroxylation is 1. The second-order valence-electron chi connectivity index (χ2n) is 5.20. The molecule has 1 rings (SSSR count). The summed E-state index contributed by atoms with van der Waals surface area (Å²) in [7, 11) is 0. The van der Waals surface area contributed by atoms with Gasteiger partial charge in [0.15, 0.2) is 0 Å². The number of esters is 1. The van der Waals surface area contributed by atoms with Crippen LogP contribution in [0.15, 0.2) is 18.2 Å². The Kier molecular flexibility index (Phi) is 6.14. The summed E-state index contributed by atoms with van der Waals surface area (Å²) < 4.78 is 18.6. The summed E-state index contributed by atoms with van der Waals surface area (Å²) in [6.45, 7) is 6.22. The van der Waals surface area contributed by atoms with Crippen molar-refractivity contribution in [3.63, 3.8) is 0 Å². The highest BCUT2D eigenvalue weighted by Gasteiger charge is 2.38. The van der Waals surface area contributed by atoms with Gasteiger partial charge in [0, 0.05) is 6.54 Å². The molecule has 3 nitrogen and oxygen atoms in total. The maximum atomic E-state index is 13.4. The summed E-state index contributed by atoms with van der Waals surface area (Å²) >= 11 is 0. The molecule has 112 valence electrons. The lowest BCUT2D eigenvalue weighted by atomic mass is 9.77.